The van der Waals surface area contributed by atoms with E-state index in [0.29, 0.717) is 12.6 Å². The summed E-state index contributed by atoms with van der Waals surface area (Å²) in [5.41, 5.74) is 0.961. The lowest BCUT2D eigenvalue weighted by atomic mass is 9.91. The number of nitrogens with zero attached hydrogens (tertiary/aromatic N) is 2. The summed E-state index contributed by atoms with van der Waals surface area (Å²) in [6.45, 7) is 4.50. The van der Waals surface area contributed by atoms with Gasteiger partial charge in [-0.15, -0.1) is 11.3 Å². The van der Waals surface area contributed by atoms with E-state index in [0.717, 1.165) is 35.8 Å². The molecule has 0 spiro atoms. The number of fused-ring (bicyclic) bond motifs is 1. The Bertz CT molecular complexity index is 490. The maximum atomic E-state index is 12.1. The number of anilines is 1. The van der Waals surface area contributed by atoms with Crippen molar-refractivity contribution in [2.75, 3.05) is 30.6 Å². The van der Waals surface area contributed by atoms with Crippen LogP contribution in [0.2, 0.25) is 0 Å². The minimum absolute atomic E-state index is 0.116. The normalized spacial score (nSPS) is 19.0. The summed E-state index contributed by atoms with van der Waals surface area (Å²) in [7, 11) is 2.09. The smallest absolute Gasteiger partial charge is 0.315 e. The average Bonchev–Trinajstić information content (AvgIpc) is 2.90. The lowest BCUT2D eigenvalue weighted by molar-refractivity contribution is -0.145. The van der Waals surface area contributed by atoms with E-state index in [1.54, 1.807) is 11.3 Å². The number of aryl methyl sites for hydroxylation is 1. The largest absolute Gasteiger partial charge is 0.465 e. The Morgan fingerprint density at radius 2 is 2.38 bits per heavy atom. The highest BCUT2D eigenvalue weighted by Crippen LogP contribution is 2.38. The number of esters is 1. The Kier molecular flexibility index (Phi) is 5.93. The maximum Gasteiger partial charge on any atom is 0.315 e. The molecule has 1 aliphatic carbocycles. The van der Waals surface area contributed by atoms with E-state index in [-0.39, 0.29) is 11.9 Å². The summed E-state index contributed by atoms with van der Waals surface area (Å²) in [6.07, 6.45) is 5.06. The Balaban J connectivity index is 2.20. The molecule has 0 N–H and O–H groups in total. The molecule has 0 amide bonds. The van der Waals surface area contributed by atoms with E-state index in [9.17, 15) is 4.79 Å². The van der Waals surface area contributed by atoms with Crippen molar-refractivity contribution in [2.24, 2.45) is 0 Å². The van der Waals surface area contributed by atoms with Gasteiger partial charge in [-0.25, -0.2) is 4.98 Å². The fourth-order valence-electron chi connectivity index (χ4n) is 2.57. The number of rotatable bonds is 6. The quantitative estimate of drug-likeness (QED) is 0.750. The van der Waals surface area contributed by atoms with Crippen LogP contribution >= 0.6 is 23.1 Å². The van der Waals surface area contributed by atoms with Gasteiger partial charge in [0.25, 0.3) is 0 Å². The number of hydrogen-bond acceptors (Lipinski definition) is 6. The van der Waals surface area contributed by atoms with Gasteiger partial charge in [0.1, 0.15) is 5.92 Å². The SMILES string of the molecule is CCOC(=O)C1CCCc2sc(N(C)C(C)CSC)nc21. The van der Waals surface area contributed by atoms with Gasteiger partial charge in [-0.2, -0.15) is 11.8 Å². The monoisotopic (exact) mass is 328 g/mol. The molecule has 118 valence electrons. The van der Waals surface area contributed by atoms with E-state index >= 15 is 0 Å². The first kappa shape index (κ1) is 16.6. The van der Waals surface area contributed by atoms with Crippen LogP contribution in [0, 0.1) is 0 Å². The van der Waals surface area contributed by atoms with Crippen molar-refractivity contribution in [1.29, 1.82) is 0 Å². The van der Waals surface area contributed by atoms with Crippen LogP contribution in [0.3, 0.4) is 0 Å². The highest BCUT2D eigenvalue weighted by molar-refractivity contribution is 7.98. The van der Waals surface area contributed by atoms with Crippen molar-refractivity contribution in [3.05, 3.63) is 10.6 Å². The predicted octanol–water partition coefficient (Wildman–Crippen LogP) is 3.31. The van der Waals surface area contributed by atoms with Gasteiger partial charge in [0.05, 0.1) is 12.3 Å². The van der Waals surface area contributed by atoms with Gasteiger partial charge in [0.15, 0.2) is 5.13 Å². The molecule has 0 radical (unpaired) electrons. The summed E-state index contributed by atoms with van der Waals surface area (Å²) >= 11 is 3.58. The second-order valence-corrected chi connectivity index (χ2v) is 7.39. The van der Waals surface area contributed by atoms with Crippen LogP contribution in [0.25, 0.3) is 0 Å². The first-order valence-electron chi connectivity index (χ1n) is 7.46. The third-order valence-corrected chi connectivity index (χ3v) is 5.92. The molecule has 2 unspecified atom stereocenters. The van der Waals surface area contributed by atoms with Gasteiger partial charge in [-0.3, -0.25) is 4.79 Å². The van der Waals surface area contributed by atoms with Crippen LogP contribution in [-0.4, -0.2) is 42.7 Å². The Morgan fingerprint density at radius 3 is 3.05 bits per heavy atom. The predicted molar refractivity (Wildman–Crippen MR) is 90.7 cm³/mol. The third kappa shape index (κ3) is 3.72. The third-order valence-electron chi connectivity index (χ3n) is 3.88. The number of ether oxygens (including phenoxy) is 1. The number of hydrogen-bond donors (Lipinski definition) is 0. The standard InChI is InChI=1S/C15H24N2O2S2/c1-5-19-14(18)11-7-6-8-12-13(11)16-15(21-12)17(3)10(2)9-20-4/h10-11H,5-9H2,1-4H3. The fraction of sp³-hybridized carbons (Fsp3) is 0.733. The molecule has 0 aromatic carbocycles. The molecule has 0 bridgehead atoms. The average molecular weight is 329 g/mol. The molecule has 0 aliphatic heterocycles. The van der Waals surface area contributed by atoms with Crippen molar-refractivity contribution in [1.82, 2.24) is 4.98 Å². The van der Waals surface area contributed by atoms with Gasteiger partial charge < -0.3 is 9.64 Å². The molecular formula is C15H24N2O2S2. The molecule has 21 heavy (non-hydrogen) atoms. The molecule has 4 nitrogen and oxygen atoms in total. The van der Waals surface area contributed by atoms with Crippen LogP contribution in [0.5, 0.6) is 0 Å². The summed E-state index contributed by atoms with van der Waals surface area (Å²) in [5, 5.41) is 1.03. The zero-order valence-corrected chi connectivity index (χ0v) is 14.9. The van der Waals surface area contributed by atoms with Crippen LogP contribution in [-0.2, 0) is 16.0 Å². The number of thiazole rings is 1. The van der Waals surface area contributed by atoms with Crippen molar-refractivity contribution < 1.29 is 9.53 Å². The van der Waals surface area contributed by atoms with E-state index < -0.39 is 0 Å². The summed E-state index contributed by atoms with van der Waals surface area (Å²) < 4.78 is 5.20. The molecule has 0 saturated heterocycles. The van der Waals surface area contributed by atoms with E-state index in [2.05, 4.69) is 25.1 Å². The Morgan fingerprint density at radius 1 is 1.62 bits per heavy atom. The molecule has 0 fully saturated rings. The first-order valence-corrected chi connectivity index (χ1v) is 9.67. The first-order chi connectivity index (χ1) is 10.1. The zero-order valence-electron chi connectivity index (χ0n) is 13.2. The zero-order chi connectivity index (χ0) is 15.4. The number of thioether (sulfide) groups is 1. The lowest BCUT2D eigenvalue weighted by Crippen LogP contribution is -2.30. The molecular weight excluding hydrogens is 304 g/mol. The number of aromatic nitrogens is 1. The topological polar surface area (TPSA) is 42.4 Å². The highest BCUT2D eigenvalue weighted by atomic mass is 32.2. The molecule has 1 aliphatic rings. The van der Waals surface area contributed by atoms with Gasteiger partial charge in [0, 0.05) is 23.7 Å². The molecule has 6 heteroatoms. The van der Waals surface area contributed by atoms with Gasteiger partial charge in [-0.1, -0.05) is 0 Å². The van der Waals surface area contributed by atoms with Crippen molar-refractivity contribution >= 4 is 34.2 Å². The molecule has 1 aromatic heterocycles. The molecule has 1 aromatic rings. The highest BCUT2D eigenvalue weighted by Gasteiger charge is 2.32. The number of carbonyl (C=O) groups is 1. The number of carbonyl (C=O) groups excluding carboxylic acids is 1. The summed E-state index contributed by atoms with van der Waals surface area (Å²) in [4.78, 5) is 20.4. The van der Waals surface area contributed by atoms with Crippen LogP contribution in [0.1, 0.15) is 43.2 Å². The van der Waals surface area contributed by atoms with Crippen LogP contribution < -0.4 is 4.90 Å². The van der Waals surface area contributed by atoms with Crippen molar-refractivity contribution in [3.63, 3.8) is 0 Å². The van der Waals surface area contributed by atoms with Crippen LogP contribution in [0.4, 0.5) is 5.13 Å². The van der Waals surface area contributed by atoms with Crippen molar-refractivity contribution in [2.45, 2.75) is 45.1 Å². The maximum absolute atomic E-state index is 12.1. The fourth-order valence-corrected chi connectivity index (χ4v) is 4.50. The Labute approximate surface area is 135 Å². The lowest BCUT2D eigenvalue weighted by Gasteiger charge is -2.23. The van der Waals surface area contributed by atoms with E-state index in [1.165, 1.54) is 4.88 Å². The molecule has 2 rings (SSSR count). The van der Waals surface area contributed by atoms with E-state index in [1.807, 2.05) is 18.7 Å². The van der Waals surface area contributed by atoms with Crippen molar-refractivity contribution in [3.8, 4) is 0 Å². The van der Waals surface area contributed by atoms with Gasteiger partial charge in [0.2, 0.25) is 0 Å². The van der Waals surface area contributed by atoms with Crippen LogP contribution in [0.15, 0.2) is 0 Å². The summed E-state index contributed by atoms with van der Waals surface area (Å²) in [6, 6.07) is 0.439. The molecule has 1 heterocycles. The second kappa shape index (κ2) is 7.49. The molecule has 0 saturated carbocycles. The molecule has 2 atom stereocenters. The van der Waals surface area contributed by atoms with E-state index in [4.69, 9.17) is 9.72 Å². The summed E-state index contributed by atoms with van der Waals surface area (Å²) in [5.74, 6) is 0.792. The van der Waals surface area contributed by atoms with Gasteiger partial charge in [-0.05, 0) is 39.4 Å². The van der Waals surface area contributed by atoms with Gasteiger partial charge >= 0.3 is 5.97 Å². The second-order valence-electron chi connectivity index (χ2n) is 5.42. The Hall–Kier alpha value is -0.750. The minimum Gasteiger partial charge on any atom is -0.465 e. The minimum atomic E-state index is -0.164.